The number of hydrogen-bond acceptors (Lipinski definition) is 5. The van der Waals surface area contributed by atoms with Crippen LogP contribution < -0.4 is 5.73 Å². The Morgan fingerprint density at radius 1 is 1.30 bits per heavy atom. The Balaban J connectivity index is 1.63. The van der Waals surface area contributed by atoms with Crippen LogP contribution in [0.5, 0.6) is 0 Å². The topological polar surface area (TPSA) is 72.1 Å². The summed E-state index contributed by atoms with van der Waals surface area (Å²) in [6, 6.07) is 3.52. The second-order valence-electron chi connectivity index (χ2n) is 4.91. The zero-order chi connectivity index (χ0) is 13.9. The van der Waals surface area contributed by atoms with Gasteiger partial charge in [0.25, 0.3) is 5.91 Å². The second kappa shape index (κ2) is 5.58. The number of anilines is 1. The maximum atomic E-state index is 12.3. The number of nitrogen functional groups attached to an aromatic ring is 1. The van der Waals surface area contributed by atoms with Gasteiger partial charge in [-0.15, -0.1) is 11.3 Å². The summed E-state index contributed by atoms with van der Waals surface area (Å²) in [5, 5.41) is 2.65. The molecule has 3 heterocycles. The third kappa shape index (κ3) is 2.65. The maximum Gasteiger partial charge on any atom is 0.253 e. The zero-order valence-electron chi connectivity index (χ0n) is 11.0. The van der Waals surface area contributed by atoms with E-state index in [-0.39, 0.29) is 5.91 Å². The molecule has 1 saturated heterocycles. The highest BCUT2D eigenvalue weighted by Crippen LogP contribution is 2.29. The molecule has 0 aromatic carbocycles. The summed E-state index contributed by atoms with van der Waals surface area (Å²) in [7, 11) is 0. The molecule has 0 spiro atoms. The molecule has 0 atom stereocenters. The van der Waals surface area contributed by atoms with E-state index in [2.05, 4.69) is 9.97 Å². The van der Waals surface area contributed by atoms with E-state index in [0.717, 1.165) is 31.6 Å². The van der Waals surface area contributed by atoms with Crippen molar-refractivity contribution in [2.75, 3.05) is 18.8 Å². The molecule has 1 aliphatic rings. The Morgan fingerprint density at radius 2 is 2.00 bits per heavy atom. The molecule has 6 heteroatoms. The Labute approximate surface area is 121 Å². The Bertz CT molecular complexity index is 590. The number of amides is 1. The van der Waals surface area contributed by atoms with Gasteiger partial charge in [0.2, 0.25) is 0 Å². The summed E-state index contributed by atoms with van der Waals surface area (Å²) in [5.74, 6) is 0.508. The second-order valence-corrected chi connectivity index (χ2v) is 5.80. The van der Waals surface area contributed by atoms with E-state index in [4.69, 9.17) is 5.73 Å². The molecular formula is C14H16N4OS. The predicted octanol–water partition coefficient (Wildman–Crippen LogP) is 2.14. The minimum Gasteiger partial charge on any atom is -0.375 e. The highest BCUT2D eigenvalue weighted by Gasteiger charge is 2.25. The highest BCUT2D eigenvalue weighted by molar-refractivity contribution is 7.13. The number of rotatable bonds is 2. The Hall–Kier alpha value is -1.95. The first-order valence-electron chi connectivity index (χ1n) is 6.64. The fourth-order valence-electron chi connectivity index (χ4n) is 2.54. The molecule has 0 unspecified atom stereocenters. The van der Waals surface area contributed by atoms with Crippen LogP contribution in [0, 0.1) is 0 Å². The van der Waals surface area contributed by atoms with Crippen LogP contribution in [-0.2, 0) is 0 Å². The number of likely N-dealkylation sites (tertiary alicyclic amines) is 1. The minimum atomic E-state index is 0.0867. The third-order valence-electron chi connectivity index (χ3n) is 3.67. The van der Waals surface area contributed by atoms with Crippen molar-refractivity contribution >= 4 is 22.4 Å². The number of thiazole rings is 1. The van der Waals surface area contributed by atoms with E-state index < -0.39 is 0 Å². The normalized spacial score (nSPS) is 16.3. The summed E-state index contributed by atoms with van der Waals surface area (Å²) < 4.78 is 0. The van der Waals surface area contributed by atoms with E-state index in [1.54, 1.807) is 24.5 Å². The summed E-state index contributed by atoms with van der Waals surface area (Å²) in [5.41, 5.74) is 7.45. The molecule has 2 N–H and O–H groups in total. The fraction of sp³-hybridized carbons (Fsp3) is 0.357. The van der Waals surface area contributed by atoms with Crippen molar-refractivity contribution in [1.82, 2.24) is 14.9 Å². The summed E-state index contributed by atoms with van der Waals surface area (Å²) in [6.07, 6.45) is 5.19. The van der Waals surface area contributed by atoms with Gasteiger partial charge >= 0.3 is 0 Å². The van der Waals surface area contributed by atoms with Crippen LogP contribution >= 0.6 is 11.3 Å². The van der Waals surface area contributed by atoms with Crippen molar-refractivity contribution in [3.63, 3.8) is 0 Å². The number of aromatic nitrogens is 2. The molecule has 1 fully saturated rings. The lowest BCUT2D eigenvalue weighted by Gasteiger charge is -2.31. The van der Waals surface area contributed by atoms with Crippen molar-refractivity contribution in [2.24, 2.45) is 0 Å². The smallest absolute Gasteiger partial charge is 0.253 e. The van der Waals surface area contributed by atoms with Gasteiger partial charge in [0, 0.05) is 42.3 Å². The molecule has 0 aliphatic carbocycles. The van der Waals surface area contributed by atoms with E-state index in [1.165, 1.54) is 11.3 Å². The van der Waals surface area contributed by atoms with E-state index in [0.29, 0.717) is 16.6 Å². The SMILES string of the molecule is Nc1nc(C2CCN(C(=O)c3ccncc3)CC2)cs1. The molecule has 2 aromatic heterocycles. The first-order chi connectivity index (χ1) is 9.74. The molecule has 3 rings (SSSR count). The Kier molecular flexibility index (Phi) is 3.64. The predicted molar refractivity (Wildman–Crippen MR) is 78.6 cm³/mol. The van der Waals surface area contributed by atoms with E-state index in [9.17, 15) is 4.79 Å². The summed E-state index contributed by atoms with van der Waals surface area (Å²) >= 11 is 1.48. The van der Waals surface area contributed by atoms with Gasteiger partial charge in [-0.1, -0.05) is 0 Å². The third-order valence-corrected chi connectivity index (χ3v) is 4.36. The van der Waals surface area contributed by atoms with E-state index >= 15 is 0 Å². The van der Waals surface area contributed by atoms with Crippen LogP contribution in [0.2, 0.25) is 0 Å². The van der Waals surface area contributed by atoms with Gasteiger partial charge in [-0.2, -0.15) is 0 Å². The molecule has 2 aromatic rings. The van der Waals surface area contributed by atoms with Crippen molar-refractivity contribution in [3.8, 4) is 0 Å². The van der Waals surface area contributed by atoms with Crippen LogP contribution in [0.25, 0.3) is 0 Å². The molecule has 0 bridgehead atoms. The molecular weight excluding hydrogens is 272 g/mol. The number of piperidine rings is 1. The number of nitrogens with two attached hydrogens (primary N) is 1. The number of hydrogen-bond donors (Lipinski definition) is 1. The first kappa shape index (κ1) is 13.1. The van der Waals surface area contributed by atoms with Crippen molar-refractivity contribution < 1.29 is 4.79 Å². The van der Waals surface area contributed by atoms with Crippen molar-refractivity contribution in [1.29, 1.82) is 0 Å². The maximum absolute atomic E-state index is 12.3. The first-order valence-corrected chi connectivity index (χ1v) is 7.52. The number of carbonyl (C=O) groups is 1. The monoisotopic (exact) mass is 288 g/mol. The zero-order valence-corrected chi connectivity index (χ0v) is 11.8. The highest BCUT2D eigenvalue weighted by atomic mass is 32.1. The van der Waals surface area contributed by atoms with Gasteiger partial charge < -0.3 is 10.6 Å². The number of nitrogens with zero attached hydrogens (tertiary/aromatic N) is 3. The van der Waals surface area contributed by atoms with Crippen LogP contribution in [0.4, 0.5) is 5.13 Å². The largest absolute Gasteiger partial charge is 0.375 e. The van der Waals surface area contributed by atoms with Crippen LogP contribution in [0.3, 0.4) is 0 Å². The van der Waals surface area contributed by atoms with Gasteiger partial charge in [0.15, 0.2) is 5.13 Å². The van der Waals surface area contributed by atoms with Gasteiger partial charge in [0.05, 0.1) is 5.69 Å². The number of pyridine rings is 1. The van der Waals surface area contributed by atoms with Gasteiger partial charge in [-0.3, -0.25) is 9.78 Å². The molecule has 20 heavy (non-hydrogen) atoms. The van der Waals surface area contributed by atoms with Crippen molar-refractivity contribution in [3.05, 3.63) is 41.2 Å². The molecule has 1 aliphatic heterocycles. The average Bonchev–Trinajstić information content (AvgIpc) is 2.94. The summed E-state index contributed by atoms with van der Waals surface area (Å²) in [4.78, 5) is 22.5. The van der Waals surface area contributed by atoms with Crippen LogP contribution in [0.15, 0.2) is 29.9 Å². The number of carbonyl (C=O) groups excluding carboxylic acids is 1. The molecule has 104 valence electrons. The van der Waals surface area contributed by atoms with Gasteiger partial charge in [0.1, 0.15) is 0 Å². The Morgan fingerprint density at radius 3 is 2.60 bits per heavy atom. The standard InChI is InChI=1S/C14H16N4OS/c15-14-17-12(9-20-14)10-3-7-18(8-4-10)13(19)11-1-5-16-6-2-11/h1-2,5-6,9-10H,3-4,7-8H2,(H2,15,17). The minimum absolute atomic E-state index is 0.0867. The lowest BCUT2D eigenvalue weighted by molar-refractivity contribution is 0.0712. The molecule has 1 amide bonds. The fourth-order valence-corrected chi connectivity index (χ4v) is 3.19. The molecule has 0 saturated carbocycles. The quantitative estimate of drug-likeness (QED) is 0.919. The van der Waals surface area contributed by atoms with Gasteiger partial charge in [-0.25, -0.2) is 4.98 Å². The van der Waals surface area contributed by atoms with Gasteiger partial charge in [-0.05, 0) is 25.0 Å². The average molecular weight is 288 g/mol. The summed E-state index contributed by atoms with van der Waals surface area (Å²) in [6.45, 7) is 1.53. The van der Waals surface area contributed by atoms with Crippen LogP contribution in [-0.4, -0.2) is 33.9 Å². The molecule has 0 radical (unpaired) electrons. The lowest BCUT2D eigenvalue weighted by Crippen LogP contribution is -2.38. The van der Waals surface area contributed by atoms with Crippen LogP contribution in [0.1, 0.15) is 34.8 Å². The van der Waals surface area contributed by atoms with E-state index in [1.807, 2.05) is 10.3 Å². The molecule has 5 nitrogen and oxygen atoms in total. The van der Waals surface area contributed by atoms with Crippen molar-refractivity contribution in [2.45, 2.75) is 18.8 Å². The lowest BCUT2D eigenvalue weighted by atomic mass is 9.94.